The summed E-state index contributed by atoms with van der Waals surface area (Å²) in [6.07, 6.45) is 12.1. The summed E-state index contributed by atoms with van der Waals surface area (Å²) < 4.78 is 0. The van der Waals surface area contributed by atoms with Gasteiger partial charge in [-0.15, -0.1) is 5.06 Å². The number of nitrogens with zero attached hydrogens (tertiary/aromatic N) is 1. The van der Waals surface area contributed by atoms with Gasteiger partial charge >= 0.3 is 5.97 Å². The molecule has 5 rings (SSSR count). The molecule has 1 heterocycles. The molecular formula is C28H43NO5. The number of hydroxylamine groups is 2. The highest BCUT2D eigenvalue weighted by Crippen LogP contribution is 2.68. The monoisotopic (exact) mass is 473 g/mol. The normalized spacial score (nSPS) is 44.9. The van der Waals surface area contributed by atoms with Gasteiger partial charge in [0.15, 0.2) is 0 Å². The predicted molar refractivity (Wildman–Crippen MR) is 127 cm³/mol. The second-order valence-electron chi connectivity index (χ2n) is 12.9. The molecule has 6 heteroatoms. The summed E-state index contributed by atoms with van der Waals surface area (Å²) in [6, 6.07) is 0. The van der Waals surface area contributed by atoms with E-state index in [0.29, 0.717) is 33.6 Å². The van der Waals surface area contributed by atoms with Crippen LogP contribution in [0.25, 0.3) is 0 Å². The number of rotatable bonds is 5. The Labute approximate surface area is 204 Å². The van der Waals surface area contributed by atoms with Gasteiger partial charge in [-0.1, -0.05) is 20.8 Å². The molecule has 6 nitrogen and oxygen atoms in total. The molecule has 4 saturated carbocycles. The number of amides is 2. The fourth-order valence-electron chi connectivity index (χ4n) is 9.56. The Bertz CT molecular complexity index is 827. The van der Waals surface area contributed by atoms with Gasteiger partial charge in [0.1, 0.15) is 0 Å². The van der Waals surface area contributed by atoms with Crippen molar-refractivity contribution in [2.24, 2.45) is 46.3 Å². The molecule has 190 valence electrons. The molecular weight excluding hydrogens is 430 g/mol. The van der Waals surface area contributed by atoms with Crippen molar-refractivity contribution in [3.63, 3.8) is 0 Å². The molecule has 1 N–H and O–H groups in total. The van der Waals surface area contributed by atoms with Crippen LogP contribution in [0.5, 0.6) is 0 Å². The van der Waals surface area contributed by atoms with Gasteiger partial charge in [-0.25, -0.2) is 4.79 Å². The number of aliphatic hydroxyl groups is 1. The van der Waals surface area contributed by atoms with Gasteiger partial charge in [0, 0.05) is 19.3 Å². The largest absolute Gasteiger partial charge is 0.393 e. The van der Waals surface area contributed by atoms with Gasteiger partial charge in [0.05, 0.1) is 6.10 Å². The van der Waals surface area contributed by atoms with Crippen molar-refractivity contribution in [3.05, 3.63) is 0 Å². The van der Waals surface area contributed by atoms with E-state index >= 15 is 0 Å². The summed E-state index contributed by atoms with van der Waals surface area (Å²) in [4.78, 5) is 40.9. The fourth-order valence-corrected chi connectivity index (χ4v) is 9.56. The Morgan fingerprint density at radius 1 is 1.00 bits per heavy atom. The Hall–Kier alpha value is -1.43. The standard InChI is InChI=1S/C28H43NO5/c1-17(4-11-26(33)34-29-24(31)9-10-25(29)32)21-7-8-22-20-6-5-18-16-19(30)12-14-27(18,2)23(20)13-15-28(21,22)3/h17-23,30H,4-16H2,1-3H3/t17-,18-,19-,20+,21-,22+,23+,27+,28-/m1/s1. The summed E-state index contributed by atoms with van der Waals surface area (Å²) >= 11 is 0. The number of hydrogen-bond acceptors (Lipinski definition) is 5. The smallest absolute Gasteiger partial charge is 0.333 e. The van der Waals surface area contributed by atoms with Crippen LogP contribution in [0.2, 0.25) is 0 Å². The van der Waals surface area contributed by atoms with E-state index < -0.39 is 17.8 Å². The van der Waals surface area contributed by atoms with Crippen LogP contribution in [-0.4, -0.2) is 34.1 Å². The number of aliphatic hydroxyl groups excluding tert-OH is 1. The first-order valence-electron chi connectivity index (χ1n) is 13.9. The molecule has 5 fully saturated rings. The third-order valence-corrected chi connectivity index (χ3v) is 11.4. The van der Waals surface area contributed by atoms with Crippen LogP contribution in [0.1, 0.15) is 104 Å². The van der Waals surface area contributed by atoms with Gasteiger partial charge in [0.25, 0.3) is 11.8 Å². The first-order valence-corrected chi connectivity index (χ1v) is 13.9. The molecule has 0 radical (unpaired) electrons. The second kappa shape index (κ2) is 8.90. The first kappa shape index (κ1) is 24.3. The van der Waals surface area contributed by atoms with Crippen LogP contribution in [0, 0.1) is 46.3 Å². The topological polar surface area (TPSA) is 83.9 Å². The lowest BCUT2D eigenvalue weighted by Gasteiger charge is -2.61. The predicted octanol–water partition coefficient (Wildman–Crippen LogP) is 5.03. The zero-order valence-corrected chi connectivity index (χ0v) is 21.3. The molecule has 0 spiro atoms. The van der Waals surface area contributed by atoms with E-state index in [4.69, 9.17) is 4.84 Å². The summed E-state index contributed by atoms with van der Waals surface area (Å²) in [5.74, 6) is 2.82. The molecule has 0 aromatic carbocycles. The first-order chi connectivity index (χ1) is 16.1. The van der Waals surface area contributed by atoms with Crippen LogP contribution < -0.4 is 0 Å². The van der Waals surface area contributed by atoms with Crippen molar-refractivity contribution in [2.45, 2.75) is 110 Å². The molecule has 1 saturated heterocycles. The Kier molecular flexibility index (Phi) is 6.35. The highest BCUT2D eigenvalue weighted by molar-refractivity contribution is 6.01. The quantitative estimate of drug-likeness (QED) is 0.566. The highest BCUT2D eigenvalue weighted by Gasteiger charge is 2.60. The number of fused-ring (bicyclic) bond motifs is 5. The van der Waals surface area contributed by atoms with Crippen LogP contribution in [0.15, 0.2) is 0 Å². The fraction of sp³-hybridized carbons (Fsp3) is 0.893. The van der Waals surface area contributed by atoms with Crippen LogP contribution >= 0.6 is 0 Å². The van der Waals surface area contributed by atoms with Gasteiger partial charge in [-0.3, -0.25) is 9.59 Å². The molecule has 0 aromatic rings. The van der Waals surface area contributed by atoms with Gasteiger partial charge < -0.3 is 9.94 Å². The number of carbonyl (C=O) groups is 3. The van der Waals surface area contributed by atoms with Crippen molar-refractivity contribution in [2.75, 3.05) is 0 Å². The second-order valence-corrected chi connectivity index (χ2v) is 12.9. The van der Waals surface area contributed by atoms with Crippen LogP contribution in [0.4, 0.5) is 0 Å². The maximum atomic E-state index is 12.4. The lowest BCUT2D eigenvalue weighted by Crippen LogP contribution is -2.54. The minimum absolute atomic E-state index is 0.0893. The Morgan fingerprint density at radius 3 is 2.41 bits per heavy atom. The van der Waals surface area contributed by atoms with E-state index in [9.17, 15) is 19.5 Å². The molecule has 1 aliphatic heterocycles. The number of imide groups is 1. The number of carbonyl (C=O) groups excluding carboxylic acids is 3. The average Bonchev–Trinajstić information content (AvgIpc) is 3.32. The van der Waals surface area contributed by atoms with E-state index in [0.717, 1.165) is 37.0 Å². The molecule has 5 aliphatic rings. The highest BCUT2D eigenvalue weighted by atomic mass is 16.7. The zero-order valence-electron chi connectivity index (χ0n) is 21.3. The van der Waals surface area contributed by atoms with E-state index in [1.165, 1.54) is 44.9 Å². The Morgan fingerprint density at radius 2 is 1.68 bits per heavy atom. The van der Waals surface area contributed by atoms with Crippen molar-refractivity contribution >= 4 is 17.8 Å². The molecule has 0 aromatic heterocycles. The van der Waals surface area contributed by atoms with Crippen molar-refractivity contribution in [1.29, 1.82) is 0 Å². The summed E-state index contributed by atoms with van der Waals surface area (Å²) in [7, 11) is 0. The summed E-state index contributed by atoms with van der Waals surface area (Å²) in [5, 5.41) is 10.9. The summed E-state index contributed by atoms with van der Waals surface area (Å²) in [5.41, 5.74) is 0.740. The maximum Gasteiger partial charge on any atom is 0.333 e. The SMILES string of the molecule is C[C@H](CCC(=O)ON1C(=O)CCC1=O)[C@H]1CC[C@H]2[C@@H]3CC[C@@H]4C[C@H](O)CC[C@]4(C)[C@H]3CC[C@]12C. The minimum Gasteiger partial charge on any atom is -0.393 e. The van der Waals surface area contributed by atoms with Crippen LogP contribution in [0.3, 0.4) is 0 Å². The van der Waals surface area contributed by atoms with Crippen molar-refractivity contribution < 1.29 is 24.3 Å². The molecule has 0 bridgehead atoms. The lowest BCUT2D eigenvalue weighted by atomic mass is 9.44. The van der Waals surface area contributed by atoms with Gasteiger partial charge in [-0.2, -0.15) is 0 Å². The third kappa shape index (κ3) is 3.92. The van der Waals surface area contributed by atoms with Crippen LogP contribution in [-0.2, 0) is 19.2 Å². The molecule has 9 atom stereocenters. The molecule has 4 aliphatic carbocycles. The number of hydrogen-bond donors (Lipinski definition) is 1. The van der Waals surface area contributed by atoms with E-state index in [2.05, 4.69) is 20.8 Å². The van der Waals surface area contributed by atoms with Crippen molar-refractivity contribution in [3.8, 4) is 0 Å². The Balaban J connectivity index is 1.21. The van der Waals surface area contributed by atoms with E-state index in [-0.39, 0.29) is 25.4 Å². The van der Waals surface area contributed by atoms with E-state index in [1.807, 2.05) is 0 Å². The van der Waals surface area contributed by atoms with Crippen molar-refractivity contribution in [1.82, 2.24) is 5.06 Å². The third-order valence-electron chi connectivity index (χ3n) is 11.4. The lowest BCUT2D eigenvalue weighted by molar-refractivity contribution is -0.197. The summed E-state index contributed by atoms with van der Waals surface area (Å²) in [6.45, 7) is 7.35. The van der Waals surface area contributed by atoms with Gasteiger partial charge in [-0.05, 0) is 111 Å². The minimum atomic E-state index is -0.468. The maximum absolute atomic E-state index is 12.4. The van der Waals surface area contributed by atoms with Gasteiger partial charge in [0.2, 0.25) is 0 Å². The molecule has 0 unspecified atom stereocenters. The molecule has 34 heavy (non-hydrogen) atoms. The van der Waals surface area contributed by atoms with E-state index in [1.54, 1.807) is 0 Å². The molecule has 2 amide bonds. The zero-order chi connectivity index (χ0) is 24.3. The average molecular weight is 474 g/mol.